The quantitative estimate of drug-likeness (QED) is 0.779. The van der Waals surface area contributed by atoms with Gasteiger partial charge >= 0.3 is 0 Å². The summed E-state index contributed by atoms with van der Waals surface area (Å²) in [7, 11) is 0. The van der Waals surface area contributed by atoms with Crippen LogP contribution in [-0.2, 0) is 0 Å². The van der Waals surface area contributed by atoms with Gasteiger partial charge in [0.1, 0.15) is 0 Å². The van der Waals surface area contributed by atoms with Gasteiger partial charge < -0.3 is 10.2 Å². The van der Waals surface area contributed by atoms with E-state index in [0.717, 1.165) is 24.5 Å². The summed E-state index contributed by atoms with van der Waals surface area (Å²) in [5.74, 6) is 0.940. The summed E-state index contributed by atoms with van der Waals surface area (Å²) in [4.78, 5) is 2.74. The SMILES string of the molecule is Brc1ccc2c(c1)N1C(CN2)CC2CCCCC21. The highest BCUT2D eigenvalue weighted by Crippen LogP contribution is 2.46. The first-order valence-electron chi connectivity index (χ1n) is 7.15. The van der Waals surface area contributed by atoms with Crippen LogP contribution in [0.15, 0.2) is 22.7 Å². The molecule has 2 fully saturated rings. The van der Waals surface area contributed by atoms with Crippen molar-refractivity contribution in [1.29, 1.82) is 0 Å². The van der Waals surface area contributed by atoms with Crippen molar-refractivity contribution in [3.63, 3.8) is 0 Å². The standard InChI is InChI=1S/C15H19BrN2/c16-11-5-6-13-15(8-11)18-12(9-17-13)7-10-3-1-2-4-14(10)18/h5-6,8,10,12,14,17H,1-4,7,9H2. The Bertz CT molecular complexity index is 474. The molecular formula is C15H19BrN2. The molecule has 0 radical (unpaired) electrons. The lowest BCUT2D eigenvalue weighted by atomic mass is 9.85. The van der Waals surface area contributed by atoms with Crippen molar-refractivity contribution >= 4 is 27.3 Å². The van der Waals surface area contributed by atoms with Gasteiger partial charge in [-0.25, -0.2) is 0 Å². The normalized spacial score (nSPS) is 33.4. The maximum Gasteiger partial charge on any atom is 0.0619 e. The molecule has 3 heteroatoms. The van der Waals surface area contributed by atoms with E-state index in [4.69, 9.17) is 0 Å². The number of hydrogen-bond donors (Lipinski definition) is 1. The Morgan fingerprint density at radius 1 is 1.22 bits per heavy atom. The zero-order valence-electron chi connectivity index (χ0n) is 10.5. The largest absolute Gasteiger partial charge is 0.381 e. The topological polar surface area (TPSA) is 15.3 Å². The van der Waals surface area contributed by atoms with E-state index in [1.165, 1.54) is 48.0 Å². The van der Waals surface area contributed by atoms with Crippen LogP contribution >= 0.6 is 15.9 Å². The molecule has 2 nitrogen and oxygen atoms in total. The summed E-state index contributed by atoms with van der Waals surface area (Å²) in [5, 5.41) is 3.61. The van der Waals surface area contributed by atoms with Gasteiger partial charge in [-0.2, -0.15) is 0 Å². The number of benzene rings is 1. The maximum atomic E-state index is 3.62. The first-order chi connectivity index (χ1) is 8.83. The van der Waals surface area contributed by atoms with E-state index in [0.29, 0.717) is 0 Å². The number of anilines is 2. The Balaban J connectivity index is 1.76. The summed E-state index contributed by atoms with van der Waals surface area (Å²) in [6.07, 6.45) is 7.10. The maximum absolute atomic E-state index is 3.62. The molecule has 3 atom stereocenters. The molecule has 1 saturated carbocycles. The highest BCUT2D eigenvalue weighted by Gasteiger charge is 2.44. The highest BCUT2D eigenvalue weighted by atomic mass is 79.9. The second kappa shape index (κ2) is 4.16. The Kier molecular flexibility index (Phi) is 2.58. The molecule has 96 valence electrons. The molecule has 18 heavy (non-hydrogen) atoms. The van der Waals surface area contributed by atoms with Crippen LogP contribution in [0.4, 0.5) is 11.4 Å². The van der Waals surface area contributed by atoms with Crippen LogP contribution in [0.5, 0.6) is 0 Å². The minimum Gasteiger partial charge on any atom is -0.381 e. The first-order valence-corrected chi connectivity index (χ1v) is 7.94. The summed E-state index contributed by atoms with van der Waals surface area (Å²) in [5.41, 5.74) is 2.75. The van der Waals surface area contributed by atoms with Gasteiger partial charge in [0.15, 0.2) is 0 Å². The fraction of sp³-hybridized carbons (Fsp3) is 0.600. The minimum atomic E-state index is 0.722. The molecule has 1 aromatic rings. The Morgan fingerprint density at radius 3 is 3.06 bits per heavy atom. The first kappa shape index (κ1) is 11.2. The van der Waals surface area contributed by atoms with Gasteiger partial charge in [-0.15, -0.1) is 0 Å². The predicted octanol–water partition coefficient (Wildman–Crippen LogP) is 4.01. The highest BCUT2D eigenvalue weighted by molar-refractivity contribution is 9.10. The third-order valence-electron chi connectivity index (χ3n) is 4.96. The van der Waals surface area contributed by atoms with E-state index in [9.17, 15) is 0 Å². The predicted molar refractivity (Wildman–Crippen MR) is 79.3 cm³/mol. The fourth-order valence-electron chi connectivity index (χ4n) is 4.22. The summed E-state index contributed by atoms with van der Waals surface area (Å²) < 4.78 is 1.20. The van der Waals surface area contributed by atoms with Crippen molar-refractivity contribution in [2.75, 3.05) is 16.8 Å². The van der Waals surface area contributed by atoms with Crippen molar-refractivity contribution in [2.24, 2.45) is 5.92 Å². The molecule has 4 rings (SSSR count). The van der Waals surface area contributed by atoms with E-state index in [-0.39, 0.29) is 0 Å². The second-order valence-corrected chi connectivity index (χ2v) is 6.87. The molecule has 1 aromatic carbocycles. The molecule has 0 bridgehead atoms. The average Bonchev–Trinajstić information content (AvgIpc) is 2.77. The third kappa shape index (κ3) is 1.59. The summed E-state index contributed by atoms with van der Waals surface area (Å²) >= 11 is 3.62. The lowest BCUT2D eigenvalue weighted by Gasteiger charge is -2.40. The molecule has 0 aromatic heterocycles. The van der Waals surface area contributed by atoms with Gasteiger partial charge in [-0.3, -0.25) is 0 Å². The van der Waals surface area contributed by atoms with Gasteiger partial charge in [0, 0.05) is 23.1 Å². The Labute approximate surface area is 117 Å². The molecule has 3 aliphatic rings. The molecular weight excluding hydrogens is 288 g/mol. The number of rotatable bonds is 0. The molecule has 3 unspecified atom stereocenters. The van der Waals surface area contributed by atoms with Gasteiger partial charge in [0.2, 0.25) is 0 Å². The number of nitrogens with one attached hydrogen (secondary N) is 1. The van der Waals surface area contributed by atoms with Gasteiger partial charge in [-0.05, 0) is 43.4 Å². The zero-order valence-corrected chi connectivity index (χ0v) is 12.1. The van der Waals surface area contributed by atoms with Crippen molar-refractivity contribution < 1.29 is 0 Å². The number of halogens is 1. The Hall–Kier alpha value is -0.700. The van der Waals surface area contributed by atoms with Crippen LogP contribution in [-0.4, -0.2) is 18.6 Å². The smallest absolute Gasteiger partial charge is 0.0619 e. The molecule has 1 N–H and O–H groups in total. The lowest BCUT2D eigenvalue weighted by Crippen LogP contribution is -2.44. The van der Waals surface area contributed by atoms with Crippen LogP contribution < -0.4 is 10.2 Å². The second-order valence-electron chi connectivity index (χ2n) is 5.95. The van der Waals surface area contributed by atoms with E-state index >= 15 is 0 Å². The van der Waals surface area contributed by atoms with Crippen molar-refractivity contribution in [3.05, 3.63) is 22.7 Å². The number of nitrogens with zero attached hydrogens (tertiary/aromatic N) is 1. The Morgan fingerprint density at radius 2 is 2.11 bits per heavy atom. The van der Waals surface area contributed by atoms with Crippen LogP contribution in [0, 0.1) is 5.92 Å². The van der Waals surface area contributed by atoms with Crippen molar-refractivity contribution in [1.82, 2.24) is 0 Å². The van der Waals surface area contributed by atoms with Crippen molar-refractivity contribution in [3.8, 4) is 0 Å². The molecule has 0 spiro atoms. The number of fused-ring (bicyclic) bond motifs is 5. The summed E-state index contributed by atoms with van der Waals surface area (Å²) in [6, 6.07) is 8.18. The summed E-state index contributed by atoms with van der Waals surface area (Å²) in [6.45, 7) is 1.13. The van der Waals surface area contributed by atoms with E-state index in [1.54, 1.807) is 0 Å². The van der Waals surface area contributed by atoms with E-state index in [2.05, 4.69) is 44.3 Å². The molecule has 1 saturated heterocycles. The molecule has 2 aliphatic heterocycles. The monoisotopic (exact) mass is 306 g/mol. The van der Waals surface area contributed by atoms with Gasteiger partial charge in [0.05, 0.1) is 11.4 Å². The van der Waals surface area contributed by atoms with Crippen molar-refractivity contribution in [2.45, 2.75) is 44.2 Å². The van der Waals surface area contributed by atoms with Gasteiger partial charge in [-0.1, -0.05) is 28.8 Å². The molecule has 0 amide bonds. The lowest BCUT2D eigenvalue weighted by molar-refractivity contribution is 0.342. The molecule has 2 heterocycles. The van der Waals surface area contributed by atoms with Crippen LogP contribution in [0.2, 0.25) is 0 Å². The van der Waals surface area contributed by atoms with Crippen LogP contribution in [0.25, 0.3) is 0 Å². The van der Waals surface area contributed by atoms with Crippen LogP contribution in [0.1, 0.15) is 32.1 Å². The third-order valence-corrected chi connectivity index (χ3v) is 5.45. The van der Waals surface area contributed by atoms with E-state index < -0.39 is 0 Å². The molecule has 1 aliphatic carbocycles. The van der Waals surface area contributed by atoms with Gasteiger partial charge in [0.25, 0.3) is 0 Å². The van der Waals surface area contributed by atoms with Crippen LogP contribution in [0.3, 0.4) is 0 Å². The number of hydrogen-bond acceptors (Lipinski definition) is 2. The minimum absolute atomic E-state index is 0.722. The average molecular weight is 307 g/mol. The fourth-order valence-corrected chi connectivity index (χ4v) is 4.56. The zero-order chi connectivity index (χ0) is 12.1. The van der Waals surface area contributed by atoms with E-state index in [1.807, 2.05) is 0 Å².